The van der Waals surface area contributed by atoms with Crippen LogP contribution in [0.3, 0.4) is 0 Å². The highest BCUT2D eigenvalue weighted by atomic mass is 16.3. The van der Waals surface area contributed by atoms with Gasteiger partial charge in [0.2, 0.25) is 0 Å². The number of aromatic nitrogens is 2. The van der Waals surface area contributed by atoms with Crippen LogP contribution in [0.4, 0.5) is 5.69 Å². The molecule has 106 valence electrons. The van der Waals surface area contributed by atoms with Gasteiger partial charge in [0, 0.05) is 5.69 Å². The van der Waals surface area contributed by atoms with Crippen molar-refractivity contribution in [2.24, 2.45) is 0 Å². The van der Waals surface area contributed by atoms with Gasteiger partial charge in [-0.25, -0.2) is 4.68 Å². The molecule has 0 saturated carbocycles. The number of nitrogens with zero attached hydrogens (tertiary/aromatic N) is 2. The minimum absolute atomic E-state index is 0.210. The Hall–Kier alpha value is -2.82. The van der Waals surface area contributed by atoms with Crippen LogP contribution in [0, 0.1) is 13.8 Å². The number of nitrogens with one attached hydrogen (secondary N) is 1. The van der Waals surface area contributed by atoms with E-state index in [0.717, 1.165) is 17.1 Å². The summed E-state index contributed by atoms with van der Waals surface area (Å²) in [6.45, 7) is 3.92. The fraction of sp³-hybridized carbons (Fsp3) is 0.125. The average molecular weight is 281 g/mol. The number of hydrogen-bond acceptors (Lipinski definition) is 3. The molecule has 0 radical (unpaired) electrons. The van der Waals surface area contributed by atoms with Gasteiger partial charge < -0.3 is 9.73 Å². The molecule has 1 N–H and O–H groups in total. The third-order valence-corrected chi connectivity index (χ3v) is 3.17. The maximum atomic E-state index is 12.1. The number of anilines is 1. The van der Waals surface area contributed by atoms with Gasteiger partial charge in [0.05, 0.1) is 28.9 Å². The molecule has 0 saturated heterocycles. The van der Waals surface area contributed by atoms with Crippen LogP contribution in [0.15, 0.2) is 53.3 Å². The Morgan fingerprint density at radius 2 is 2.05 bits per heavy atom. The lowest BCUT2D eigenvalue weighted by Gasteiger charge is -2.11. The van der Waals surface area contributed by atoms with Crippen LogP contribution in [-0.2, 0) is 0 Å². The van der Waals surface area contributed by atoms with Crippen molar-refractivity contribution in [3.8, 4) is 5.69 Å². The Kier molecular flexibility index (Phi) is 3.31. The molecule has 3 aromatic rings. The van der Waals surface area contributed by atoms with E-state index in [1.54, 1.807) is 6.07 Å². The van der Waals surface area contributed by atoms with Gasteiger partial charge in [-0.05, 0) is 38.1 Å². The summed E-state index contributed by atoms with van der Waals surface area (Å²) in [4.78, 5) is 12.1. The van der Waals surface area contributed by atoms with Crippen LogP contribution in [0.25, 0.3) is 5.69 Å². The predicted octanol–water partition coefficient (Wildman–Crippen LogP) is 3.33. The van der Waals surface area contributed by atoms with E-state index in [-0.39, 0.29) is 5.91 Å². The van der Waals surface area contributed by atoms with Gasteiger partial charge in [0.1, 0.15) is 6.26 Å². The number of hydrogen-bond donors (Lipinski definition) is 1. The van der Waals surface area contributed by atoms with Crippen LogP contribution in [0.1, 0.15) is 21.7 Å². The Morgan fingerprint density at radius 3 is 2.71 bits per heavy atom. The van der Waals surface area contributed by atoms with Crippen molar-refractivity contribution in [1.82, 2.24) is 9.78 Å². The molecule has 3 rings (SSSR count). The standard InChI is InChI=1S/C16H15N3O2/c1-11-9-12(2)19(18-11)15-6-4-3-5-14(15)17-16(20)13-7-8-21-10-13/h3-10H,1-2H3,(H,17,20). The summed E-state index contributed by atoms with van der Waals surface area (Å²) in [5.74, 6) is -0.210. The summed E-state index contributed by atoms with van der Waals surface area (Å²) in [5, 5.41) is 7.35. The summed E-state index contributed by atoms with van der Waals surface area (Å²) in [6, 6.07) is 11.2. The lowest BCUT2D eigenvalue weighted by atomic mass is 10.2. The van der Waals surface area contributed by atoms with Gasteiger partial charge in [0.25, 0.3) is 5.91 Å². The zero-order valence-corrected chi connectivity index (χ0v) is 11.8. The van der Waals surface area contributed by atoms with Crippen molar-refractivity contribution in [2.45, 2.75) is 13.8 Å². The van der Waals surface area contributed by atoms with Gasteiger partial charge in [-0.1, -0.05) is 12.1 Å². The summed E-state index contributed by atoms with van der Waals surface area (Å²) in [6.07, 6.45) is 2.89. The molecular formula is C16H15N3O2. The summed E-state index contributed by atoms with van der Waals surface area (Å²) < 4.78 is 6.75. The number of rotatable bonds is 3. The first-order valence-electron chi connectivity index (χ1n) is 6.61. The number of aryl methyl sites for hydroxylation is 2. The molecule has 1 aromatic carbocycles. The molecule has 0 aliphatic carbocycles. The SMILES string of the molecule is Cc1cc(C)n(-c2ccccc2NC(=O)c2ccoc2)n1. The molecule has 5 nitrogen and oxygen atoms in total. The van der Waals surface area contributed by atoms with E-state index in [1.165, 1.54) is 12.5 Å². The zero-order chi connectivity index (χ0) is 14.8. The van der Waals surface area contributed by atoms with Crippen LogP contribution < -0.4 is 5.32 Å². The van der Waals surface area contributed by atoms with Crippen molar-refractivity contribution in [2.75, 3.05) is 5.32 Å². The van der Waals surface area contributed by atoms with Crippen molar-refractivity contribution in [1.29, 1.82) is 0 Å². The molecule has 1 amide bonds. The van der Waals surface area contributed by atoms with Gasteiger partial charge in [0.15, 0.2) is 0 Å². The molecule has 2 aromatic heterocycles. The average Bonchev–Trinajstić information content (AvgIpc) is 3.09. The quantitative estimate of drug-likeness (QED) is 0.801. The van der Waals surface area contributed by atoms with Crippen LogP contribution in [-0.4, -0.2) is 15.7 Å². The fourth-order valence-electron chi connectivity index (χ4n) is 2.22. The molecule has 21 heavy (non-hydrogen) atoms. The molecule has 0 aliphatic heterocycles. The number of carbonyl (C=O) groups is 1. The minimum Gasteiger partial charge on any atom is -0.472 e. The first kappa shape index (κ1) is 13.2. The second kappa shape index (κ2) is 5.28. The highest BCUT2D eigenvalue weighted by Gasteiger charge is 2.12. The maximum Gasteiger partial charge on any atom is 0.258 e. The number of carbonyl (C=O) groups excluding carboxylic acids is 1. The number of benzene rings is 1. The number of amides is 1. The van der Waals surface area contributed by atoms with Gasteiger partial charge in [-0.15, -0.1) is 0 Å². The smallest absolute Gasteiger partial charge is 0.258 e. The van der Waals surface area contributed by atoms with Crippen molar-refractivity contribution >= 4 is 11.6 Å². The molecule has 0 fully saturated rings. The van der Waals surface area contributed by atoms with Gasteiger partial charge in [-0.2, -0.15) is 5.10 Å². The third kappa shape index (κ3) is 2.58. The van der Waals surface area contributed by atoms with E-state index in [4.69, 9.17) is 4.42 Å². The second-order valence-electron chi connectivity index (χ2n) is 4.82. The Morgan fingerprint density at radius 1 is 1.24 bits per heavy atom. The normalized spacial score (nSPS) is 10.6. The van der Waals surface area contributed by atoms with E-state index in [1.807, 2.05) is 48.9 Å². The molecule has 0 bridgehead atoms. The van der Waals surface area contributed by atoms with Crippen LogP contribution in [0.2, 0.25) is 0 Å². The van der Waals surface area contributed by atoms with Crippen molar-refractivity contribution in [3.63, 3.8) is 0 Å². The largest absolute Gasteiger partial charge is 0.472 e. The number of furan rings is 1. The molecular weight excluding hydrogens is 266 g/mol. The monoisotopic (exact) mass is 281 g/mol. The second-order valence-corrected chi connectivity index (χ2v) is 4.82. The van der Waals surface area contributed by atoms with Crippen molar-refractivity contribution in [3.05, 3.63) is 65.9 Å². The van der Waals surface area contributed by atoms with E-state index < -0.39 is 0 Å². The minimum atomic E-state index is -0.210. The fourth-order valence-corrected chi connectivity index (χ4v) is 2.22. The lowest BCUT2D eigenvalue weighted by Crippen LogP contribution is -2.13. The molecule has 0 atom stereocenters. The topological polar surface area (TPSA) is 60.1 Å². The lowest BCUT2D eigenvalue weighted by molar-refractivity contribution is 0.102. The number of para-hydroxylation sites is 2. The first-order valence-corrected chi connectivity index (χ1v) is 6.61. The zero-order valence-electron chi connectivity index (χ0n) is 11.8. The highest BCUT2D eigenvalue weighted by Crippen LogP contribution is 2.22. The molecule has 0 spiro atoms. The van der Waals surface area contributed by atoms with E-state index >= 15 is 0 Å². The molecule has 5 heteroatoms. The van der Waals surface area contributed by atoms with Crippen LogP contribution in [0.5, 0.6) is 0 Å². The van der Waals surface area contributed by atoms with Gasteiger partial charge >= 0.3 is 0 Å². The molecule has 2 heterocycles. The van der Waals surface area contributed by atoms with E-state index in [0.29, 0.717) is 11.3 Å². The summed E-state index contributed by atoms with van der Waals surface area (Å²) in [7, 11) is 0. The third-order valence-electron chi connectivity index (χ3n) is 3.17. The molecule has 0 unspecified atom stereocenters. The first-order chi connectivity index (χ1) is 10.1. The Bertz CT molecular complexity index is 773. The predicted molar refractivity (Wildman–Crippen MR) is 79.7 cm³/mol. The Balaban J connectivity index is 1.97. The maximum absolute atomic E-state index is 12.1. The van der Waals surface area contributed by atoms with E-state index in [2.05, 4.69) is 10.4 Å². The highest BCUT2D eigenvalue weighted by molar-refractivity contribution is 6.05. The Labute approximate surface area is 122 Å². The molecule has 0 aliphatic rings. The van der Waals surface area contributed by atoms with Gasteiger partial charge in [-0.3, -0.25) is 4.79 Å². The summed E-state index contributed by atoms with van der Waals surface area (Å²) >= 11 is 0. The van der Waals surface area contributed by atoms with Crippen molar-refractivity contribution < 1.29 is 9.21 Å². The van der Waals surface area contributed by atoms with E-state index in [9.17, 15) is 4.79 Å². The summed E-state index contributed by atoms with van der Waals surface area (Å²) in [5.41, 5.74) is 3.97. The van der Waals surface area contributed by atoms with Crippen LogP contribution >= 0.6 is 0 Å².